The number of carbonyl (C=O) groups is 1. The largest absolute Gasteiger partial charge is 0.591 e. The van der Waals surface area contributed by atoms with Crippen LogP contribution in [0.25, 0.3) is 10.9 Å². The van der Waals surface area contributed by atoms with Crippen LogP contribution in [0.5, 0.6) is 5.75 Å². The van der Waals surface area contributed by atoms with Crippen LogP contribution in [0.1, 0.15) is 52.7 Å². The first-order valence-corrected chi connectivity index (χ1v) is 10.6. The number of fused-ring (bicyclic) bond motifs is 1. The zero-order chi connectivity index (χ0) is 23.9. The molecule has 6 nitrogen and oxygen atoms in total. The van der Waals surface area contributed by atoms with Gasteiger partial charge in [-0.25, -0.2) is 4.79 Å². The molecule has 31 heavy (non-hydrogen) atoms. The Hall–Kier alpha value is -2.20. The lowest BCUT2D eigenvalue weighted by molar-refractivity contribution is -0.0579. The maximum Gasteiger partial charge on any atom is 0.438 e. The molecule has 0 aliphatic rings. The SMILES string of the molecule is COc1cc(C)c2c(ccn2C(=O)OC(C)(C)C)c1/C(=N\[S+]([O-])C(C)(C)C)C(F)(F)F. The van der Waals surface area contributed by atoms with E-state index in [1.165, 1.54) is 46.2 Å². The first-order valence-electron chi connectivity index (χ1n) is 9.47. The Morgan fingerprint density at radius 3 is 2.19 bits per heavy atom. The number of aryl methyl sites for hydroxylation is 1. The fourth-order valence-corrected chi connectivity index (χ4v) is 3.47. The minimum Gasteiger partial charge on any atom is -0.591 e. The molecule has 1 heterocycles. The Balaban J connectivity index is 2.86. The summed E-state index contributed by atoms with van der Waals surface area (Å²) in [6.45, 7) is 11.3. The molecule has 172 valence electrons. The number of hydrogen-bond acceptors (Lipinski definition) is 5. The van der Waals surface area contributed by atoms with Crippen LogP contribution in [0.2, 0.25) is 0 Å². The Morgan fingerprint density at radius 2 is 1.74 bits per heavy atom. The van der Waals surface area contributed by atoms with Gasteiger partial charge in [-0.05, 0) is 66.2 Å². The summed E-state index contributed by atoms with van der Waals surface area (Å²) in [5.41, 5.74) is -1.77. The number of carbonyl (C=O) groups excluding carboxylic acids is 1. The number of hydrogen-bond donors (Lipinski definition) is 0. The van der Waals surface area contributed by atoms with Crippen molar-refractivity contribution >= 4 is 34.1 Å². The minimum absolute atomic E-state index is 0.0877. The molecule has 0 N–H and O–H groups in total. The van der Waals surface area contributed by atoms with E-state index >= 15 is 0 Å². The summed E-state index contributed by atoms with van der Waals surface area (Å²) in [5.74, 6) is -0.0890. The molecular formula is C21H27F3N2O4S. The van der Waals surface area contributed by atoms with E-state index in [0.717, 1.165) is 4.57 Å². The quantitative estimate of drug-likeness (QED) is 0.444. The topological polar surface area (TPSA) is 75.9 Å². The van der Waals surface area contributed by atoms with Gasteiger partial charge in [0.15, 0.2) is 0 Å². The first kappa shape index (κ1) is 25.1. The van der Waals surface area contributed by atoms with E-state index in [1.54, 1.807) is 27.7 Å². The molecule has 0 aliphatic heterocycles. The summed E-state index contributed by atoms with van der Waals surface area (Å²) in [7, 11) is 1.24. The fraction of sp³-hybridized carbons (Fsp3) is 0.524. The molecule has 0 bridgehead atoms. The van der Waals surface area contributed by atoms with Gasteiger partial charge in [0.25, 0.3) is 0 Å². The molecule has 2 rings (SSSR count). The molecular weight excluding hydrogens is 433 g/mol. The number of alkyl halides is 3. The Labute approximate surface area is 182 Å². The van der Waals surface area contributed by atoms with Crippen molar-refractivity contribution in [2.45, 2.75) is 65.0 Å². The van der Waals surface area contributed by atoms with Gasteiger partial charge in [0.05, 0.1) is 18.2 Å². The Kier molecular flexibility index (Phi) is 6.78. The van der Waals surface area contributed by atoms with Crippen molar-refractivity contribution in [3.8, 4) is 5.75 Å². The van der Waals surface area contributed by atoms with Crippen LogP contribution in [-0.2, 0) is 16.1 Å². The number of nitrogens with zero attached hydrogens (tertiary/aromatic N) is 2. The van der Waals surface area contributed by atoms with E-state index in [1.807, 2.05) is 0 Å². The summed E-state index contributed by atoms with van der Waals surface area (Å²) in [6, 6.07) is 2.76. The first-order chi connectivity index (χ1) is 14.0. The van der Waals surface area contributed by atoms with Gasteiger partial charge < -0.3 is 14.0 Å². The van der Waals surface area contributed by atoms with Crippen LogP contribution in [0.4, 0.5) is 18.0 Å². The lowest BCUT2D eigenvalue weighted by Crippen LogP contribution is -2.32. The highest BCUT2D eigenvalue weighted by atomic mass is 32.2. The van der Waals surface area contributed by atoms with Crippen LogP contribution in [0.3, 0.4) is 0 Å². The lowest BCUT2D eigenvalue weighted by Gasteiger charge is -2.22. The normalized spacial score (nSPS) is 14.6. The zero-order valence-electron chi connectivity index (χ0n) is 18.8. The number of rotatable bonds is 3. The van der Waals surface area contributed by atoms with Gasteiger partial charge in [0, 0.05) is 11.6 Å². The maximum atomic E-state index is 14.1. The third kappa shape index (κ3) is 5.54. The monoisotopic (exact) mass is 460 g/mol. The van der Waals surface area contributed by atoms with E-state index in [0.29, 0.717) is 5.56 Å². The van der Waals surface area contributed by atoms with Crippen LogP contribution < -0.4 is 4.74 Å². The van der Waals surface area contributed by atoms with Crippen molar-refractivity contribution in [3.63, 3.8) is 0 Å². The Morgan fingerprint density at radius 1 is 1.16 bits per heavy atom. The summed E-state index contributed by atoms with van der Waals surface area (Å²) < 4.78 is 69.0. The number of ether oxygens (including phenoxy) is 2. The van der Waals surface area contributed by atoms with Crippen molar-refractivity contribution in [1.29, 1.82) is 0 Å². The smallest absolute Gasteiger partial charge is 0.438 e. The second-order valence-electron chi connectivity index (χ2n) is 9.00. The lowest BCUT2D eigenvalue weighted by atomic mass is 10.0. The molecule has 0 fully saturated rings. The molecule has 10 heteroatoms. The van der Waals surface area contributed by atoms with Crippen molar-refractivity contribution < 1.29 is 32.0 Å². The predicted molar refractivity (Wildman–Crippen MR) is 115 cm³/mol. The molecule has 0 amide bonds. The molecule has 0 radical (unpaired) electrons. The van der Waals surface area contributed by atoms with Crippen LogP contribution in [0.15, 0.2) is 22.7 Å². The molecule has 0 spiro atoms. The van der Waals surface area contributed by atoms with E-state index in [2.05, 4.69) is 4.40 Å². The van der Waals surface area contributed by atoms with Crippen LogP contribution in [-0.4, -0.2) is 44.6 Å². The third-order valence-corrected chi connectivity index (χ3v) is 5.53. The van der Waals surface area contributed by atoms with E-state index in [4.69, 9.17) is 9.47 Å². The summed E-state index contributed by atoms with van der Waals surface area (Å²) >= 11 is -2.17. The highest BCUT2D eigenvalue weighted by Gasteiger charge is 2.44. The van der Waals surface area contributed by atoms with Gasteiger partial charge in [0.2, 0.25) is 5.71 Å². The summed E-state index contributed by atoms with van der Waals surface area (Å²) in [5, 5.41) is 0.0877. The van der Waals surface area contributed by atoms with Gasteiger partial charge in [-0.2, -0.15) is 13.2 Å². The van der Waals surface area contributed by atoms with Gasteiger partial charge in [-0.1, -0.05) is 4.40 Å². The average molecular weight is 461 g/mol. The number of aromatic nitrogens is 1. The van der Waals surface area contributed by atoms with Crippen LogP contribution >= 0.6 is 0 Å². The maximum absolute atomic E-state index is 14.1. The molecule has 0 saturated carbocycles. The zero-order valence-corrected chi connectivity index (χ0v) is 19.6. The number of benzene rings is 1. The number of halogens is 3. The van der Waals surface area contributed by atoms with Gasteiger partial charge >= 0.3 is 12.3 Å². The fourth-order valence-electron chi connectivity index (χ4n) is 2.83. The molecule has 1 aromatic carbocycles. The second kappa shape index (κ2) is 8.38. The van der Waals surface area contributed by atoms with Crippen molar-refractivity contribution in [2.75, 3.05) is 7.11 Å². The van der Waals surface area contributed by atoms with E-state index in [9.17, 15) is 22.5 Å². The highest BCUT2D eigenvalue weighted by Crippen LogP contribution is 2.38. The van der Waals surface area contributed by atoms with Crippen molar-refractivity contribution in [3.05, 3.63) is 29.5 Å². The molecule has 1 aromatic heterocycles. The van der Waals surface area contributed by atoms with E-state index < -0.39 is 39.7 Å². The van der Waals surface area contributed by atoms with Gasteiger partial charge in [-0.3, -0.25) is 4.57 Å². The molecule has 0 aliphatic carbocycles. The van der Waals surface area contributed by atoms with Gasteiger partial charge in [0.1, 0.15) is 27.5 Å². The van der Waals surface area contributed by atoms with Crippen molar-refractivity contribution in [1.82, 2.24) is 4.57 Å². The van der Waals surface area contributed by atoms with Crippen molar-refractivity contribution in [2.24, 2.45) is 4.40 Å². The van der Waals surface area contributed by atoms with Gasteiger partial charge in [-0.15, -0.1) is 0 Å². The highest BCUT2D eigenvalue weighted by molar-refractivity contribution is 7.91. The molecule has 2 aromatic rings. The van der Waals surface area contributed by atoms with Crippen LogP contribution in [0, 0.1) is 6.92 Å². The third-order valence-electron chi connectivity index (χ3n) is 4.14. The summed E-state index contributed by atoms with van der Waals surface area (Å²) in [6.07, 6.45) is -4.31. The van der Waals surface area contributed by atoms with E-state index in [-0.39, 0.29) is 22.2 Å². The minimum atomic E-state index is -4.91. The standard InChI is InChI=1S/C21H27F3N2O4S/c1-12-11-14(29-8)15(17(21(22,23)24)25-31(28)20(5,6)7)13-9-10-26(16(12)13)18(27)30-19(2,3)4/h9-11H,1-8H3/b25-17+. The summed E-state index contributed by atoms with van der Waals surface area (Å²) in [4.78, 5) is 12.6. The molecule has 0 saturated heterocycles. The predicted octanol–water partition coefficient (Wildman–Crippen LogP) is 5.56. The Bertz CT molecular complexity index is 1010. The molecule has 1 atom stereocenters. The average Bonchev–Trinajstić information content (AvgIpc) is 3.02. The second-order valence-corrected chi connectivity index (χ2v) is 10.9. The molecule has 1 unspecified atom stereocenters. The number of methoxy groups -OCH3 is 1.